The summed E-state index contributed by atoms with van der Waals surface area (Å²) in [6.07, 6.45) is 0.364. The molecule has 0 saturated carbocycles. The van der Waals surface area contributed by atoms with E-state index in [0.717, 1.165) is 12.8 Å². The van der Waals surface area contributed by atoms with Crippen LogP contribution in [0.15, 0.2) is 0 Å². The molecule has 3 atom stereocenters. The molecular weight excluding hydrogens is 316 g/mol. The van der Waals surface area contributed by atoms with Crippen LogP contribution in [0.25, 0.3) is 0 Å². The lowest BCUT2D eigenvalue weighted by Crippen LogP contribution is -2.51. The zero-order chi connectivity index (χ0) is 18.3. The predicted octanol–water partition coefficient (Wildman–Crippen LogP) is 1.47. The van der Waals surface area contributed by atoms with Crippen LogP contribution >= 0.6 is 0 Å². The standard InChI is InChI=1S/C16H28N2O6/c1-6-7-8-22-14-11(9-12(19)23-14)18-13(20)10(2)17-15(21)24-16(3,4)5/h10-11,14H,6-9H2,1-5H3,(H,17,21)(H,18,20)/t10-,11-,14?/m0/s1. The van der Waals surface area contributed by atoms with Crippen molar-refractivity contribution in [2.24, 2.45) is 0 Å². The van der Waals surface area contributed by atoms with Crippen molar-refractivity contribution in [1.29, 1.82) is 0 Å². The third-order valence-corrected chi connectivity index (χ3v) is 3.20. The van der Waals surface area contributed by atoms with Gasteiger partial charge < -0.3 is 24.8 Å². The van der Waals surface area contributed by atoms with Crippen molar-refractivity contribution in [3.05, 3.63) is 0 Å². The van der Waals surface area contributed by atoms with Gasteiger partial charge in [0.25, 0.3) is 0 Å². The van der Waals surface area contributed by atoms with Crippen LogP contribution < -0.4 is 10.6 Å². The number of hydrogen-bond acceptors (Lipinski definition) is 6. The van der Waals surface area contributed by atoms with Crippen molar-refractivity contribution >= 4 is 18.0 Å². The molecule has 0 aliphatic carbocycles. The Morgan fingerprint density at radius 3 is 2.62 bits per heavy atom. The quantitative estimate of drug-likeness (QED) is 0.535. The van der Waals surface area contributed by atoms with Crippen LogP contribution in [0.3, 0.4) is 0 Å². The lowest BCUT2D eigenvalue weighted by Gasteiger charge is -2.23. The fraction of sp³-hybridized carbons (Fsp3) is 0.812. The number of rotatable bonds is 7. The average Bonchev–Trinajstić information content (AvgIpc) is 2.76. The molecule has 8 nitrogen and oxygen atoms in total. The second kappa shape index (κ2) is 8.86. The Labute approximate surface area is 142 Å². The van der Waals surface area contributed by atoms with Crippen molar-refractivity contribution in [3.8, 4) is 0 Å². The molecular formula is C16H28N2O6. The summed E-state index contributed by atoms with van der Waals surface area (Å²) in [6.45, 7) is 9.20. The molecule has 1 saturated heterocycles. The second-order valence-electron chi connectivity index (χ2n) is 6.77. The summed E-state index contributed by atoms with van der Waals surface area (Å²) in [5.41, 5.74) is -0.649. The zero-order valence-corrected chi connectivity index (χ0v) is 15.0. The van der Waals surface area contributed by atoms with E-state index in [0.29, 0.717) is 6.61 Å². The first-order valence-electron chi connectivity index (χ1n) is 8.23. The summed E-state index contributed by atoms with van der Waals surface area (Å²) in [7, 11) is 0. The fourth-order valence-corrected chi connectivity index (χ4v) is 2.01. The maximum absolute atomic E-state index is 12.2. The molecule has 8 heteroatoms. The predicted molar refractivity (Wildman–Crippen MR) is 86.1 cm³/mol. The highest BCUT2D eigenvalue weighted by Gasteiger charge is 2.37. The number of carbonyl (C=O) groups is 3. The van der Waals surface area contributed by atoms with Crippen molar-refractivity contribution in [2.45, 2.75) is 77.9 Å². The Morgan fingerprint density at radius 2 is 2.04 bits per heavy atom. The smallest absolute Gasteiger partial charge is 0.408 e. The van der Waals surface area contributed by atoms with E-state index >= 15 is 0 Å². The van der Waals surface area contributed by atoms with Gasteiger partial charge in [0, 0.05) is 0 Å². The maximum atomic E-state index is 12.2. The van der Waals surface area contributed by atoms with Crippen molar-refractivity contribution in [3.63, 3.8) is 0 Å². The summed E-state index contributed by atoms with van der Waals surface area (Å²) in [4.78, 5) is 35.3. The average molecular weight is 344 g/mol. The molecule has 1 aliphatic rings. The Kier molecular flexibility index (Phi) is 7.47. The van der Waals surface area contributed by atoms with E-state index in [2.05, 4.69) is 10.6 Å². The normalized spacial score (nSPS) is 21.8. The second-order valence-corrected chi connectivity index (χ2v) is 6.77. The highest BCUT2D eigenvalue weighted by Crippen LogP contribution is 2.17. The molecule has 24 heavy (non-hydrogen) atoms. The first kappa shape index (κ1) is 20.2. The lowest BCUT2D eigenvalue weighted by atomic mass is 10.2. The summed E-state index contributed by atoms with van der Waals surface area (Å²) in [5, 5.41) is 5.12. The molecule has 1 fully saturated rings. The molecule has 1 aliphatic heterocycles. The first-order valence-corrected chi connectivity index (χ1v) is 8.23. The number of nitrogens with one attached hydrogen (secondary N) is 2. The lowest BCUT2D eigenvalue weighted by molar-refractivity contribution is -0.165. The molecule has 2 amide bonds. The number of cyclic esters (lactones) is 1. The molecule has 0 aromatic rings. The molecule has 1 unspecified atom stereocenters. The monoisotopic (exact) mass is 344 g/mol. The molecule has 1 heterocycles. The molecule has 1 rings (SSSR count). The molecule has 0 aromatic carbocycles. The number of alkyl carbamates (subject to hydrolysis) is 1. The molecule has 0 bridgehead atoms. The Morgan fingerprint density at radius 1 is 1.38 bits per heavy atom. The number of hydrogen-bond donors (Lipinski definition) is 2. The summed E-state index contributed by atoms with van der Waals surface area (Å²) in [6, 6.07) is -1.38. The van der Waals surface area contributed by atoms with Crippen molar-refractivity contribution in [2.75, 3.05) is 6.61 Å². The van der Waals surface area contributed by atoms with Gasteiger partial charge in [-0.3, -0.25) is 9.59 Å². The van der Waals surface area contributed by atoms with E-state index in [1.807, 2.05) is 6.92 Å². The van der Waals surface area contributed by atoms with Crippen LogP contribution in [0.5, 0.6) is 0 Å². The maximum Gasteiger partial charge on any atom is 0.408 e. The summed E-state index contributed by atoms with van der Waals surface area (Å²) >= 11 is 0. The third-order valence-electron chi connectivity index (χ3n) is 3.20. The Balaban J connectivity index is 2.49. The number of amides is 2. The Bertz CT molecular complexity index is 460. The van der Waals surface area contributed by atoms with Crippen LogP contribution in [0.1, 0.15) is 53.9 Å². The van der Waals surface area contributed by atoms with Crippen LogP contribution in [-0.2, 0) is 23.8 Å². The highest BCUT2D eigenvalue weighted by atomic mass is 16.7. The zero-order valence-electron chi connectivity index (χ0n) is 15.0. The van der Waals surface area contributed by atoms with E-state index in [-0.39, 0.29) is 6.42 Å². The SMILES string of the molecule is CCCCOC1OC(=O)C[C@@H]1NC(=O)[C@H](C)NC(=O)OC(C)(C)C. The Hall–Kier alpha value is -1.83. The largest absolute Gasteiger partial charge is 0.444 e. The molecule has 0 radical (unpaired) electrons. The number of unbranched alkanes of at least 4 members (excludes halogenated alkanes) is 1. The van der Waals surface area contributed by atoms with Gasteiger partial charge in [-0.25, -0.2) is 4.79 Å². The van der Waals surface area contributed by atoms with Gasteiger partial charge in [0.15, 0.2) is 0 Å². The van der Waals surface area contributed by atoms with Crippen LogP contribution in [0.4, 0.5) is 4.79 Å². The molecule has 0 aromatic heterocycles. The van der Waals surface area contributed by atoms with Crippen LogP contribution in [-0.4, -0.2) is 48.6 Å². The topological polar surface area (TPSA) is 103 Å². The van der Waals surface area contributed by atoms with E-state index in [9.17, 15) is 14.4 Å². The molecule has 2 N–H and O–H groups in total. The van der Waals surface area contributed by atoms with E-state index in [1.54, 1.807) is 20.8 Å². The molecule has 0 spiro atoms. The van der Waals surface area contributed by atoms with Gasteiger partial charge >= 0.3 is 12.1 Å². The van der Waals surface area contributed by atoms with Gasteiger partial charge in [-0.1, -0.05) is 13.3 Å². The minimum absolute atomic E-state index is 0.0433. The first-order chi connectivity index (χ1) is 11.1. The minimum Gasteiger partial charge on any atom is -0.444 e. The van der Waals surface area contributed by atoms with E-state index in [1.165, 1.54) is 6.92 Å². The third kappa shape index (κ3) is 7.16. The van der Waals surface area contributed by atoms with Gasteiger partial charge in [-0.2, -0.15) is 0 Å². The van der Waals surface area contributed by atoms with E-state index < -0.39 is 41.9 Å². The molecule has 138 valence electrons. The summed E-state index contributed by atoms with van der Waals surface area (Å²) < 4.78 is 15.6. The summed E-state index contributed by atoms with van der Waals surface area (Å²) in [5.74, 6) is -0.859. The van der Waals surface area contributed by atoms with Crippen LogP contribution in [0, 0.1) is 0 Å². The van der Waals surface area contributed by atoms with Gasteiger partial charge in [0.2, 0.25) is 12.2 Å². The van der Waals surface area contributed by atoms with Gasteiger partial charge in [0.05, 0.1) is 13.0 Å². The van der Waals surface area contributed by atoms with Crippen molar-refractivity contribution in [1.82, 2.24) is 10.6 Å². The van der Waals surface area contributed by atoms with E-state index in [4.69, 9.17) is 14.2 Å². The number of carbonyl (C=O) groups excluding carboxylic acids is 3. The van der Waals surface area contributed by atoms with Crippen molar-refractivity contribution < 1.29 is 28.6 Å². The van der Waals surface area contributed by atoms with Gasteiger partial charge in [-0.05, 0) is 34.1 Å². The minimum atomic E-state index is -0.813. The van der Waals surface area contributed by atoms with Gasteiger partial charge in [0.1, 0.15) is 17.7 Å². The number of esters is 1. The number of ether oxygens (including phenoxy) is 3. The highest BCUT2D eigenvalue weighted by molar-refractivity contribution is 5.86. The fourth-order valence-electron chi connectivity index (χ4n) is 2.01. The van der Waals surface area contributed by atoms with Crippen LogP contribution in [0.2, 0.25) is 0 Å². The van der Waals surface area contributed by atoms with Gasteiger partial charge in [-0.15, -0.1) is 0 Å².